The molecule has 1 aromatic heterocycles. The van der Waals surface area contributed by atoms with Crippen LogP contribution in [0.4, 0.5) is 0 Å². The van der Waals surface area contributed by atoms with E-state index < -0.39 is 6.10 Å². The number of ether oxygens (including phenoxy) is 2. The van der Waals surface area contributed by atoms with E-state index in [0.29, 0.717) is 23.0 Å². The van der Waals surface area contributed by atoms with Crippen molar-refractivity contribution < 1.29 is 14.3 Å². The van der Waals surface area contributed by atoms with Crippen LogP contribution in [0.2, 0.25) is 0 Å². The van der Waals surface area contributed by atoms with Crippen molar-refractivity contribution in [1.82, 2.24) is 4.57 Å². The molecule has 0 unspecified atom stereocenters. The van der Waals surface area contributed by atoms with E-state index in [0.717, 1.165) is 12.8 Å². The van der Waals surface area contributed by atoms with Crippen LogP contribution in [0.15, 0.2) is 53.7 Å². The number of carbonyl (C=O) groups is 1. The van der Waals surface area contributed by atoms with E-state index in [4.69, 9.17) is 14.5 Å². The molecule has 1 aliphatic heterocycles. The van der Waals surface area contributed by atoms with E-state index in [1.807, 2.05) is 42.5 Å². The Bertz CT molecular complexity index is 821. The van der Waals surface area contributed by atoms with Gasteiger partial charge in [0.15, 0.2) is 11.5 Å². The molecular formula is C20H22N2O3. The minimum absolute atomic E-state index is 0.148. The summed E-state index contributed by atoms with van der Waals surface area (Å²) in [6.45, 7) is 0.209. The molecule has 4 rings (SSSR count). The molecule has 0 radical (unpaired) electrons. The van der Waals surface area contributed by atoms with Gasteiger partial charge in [-0.2, -0.15) is 0 Å². The van der Waals surface area contributed by atoms with E-state index in [-0.39, 0.29) is 12.5 Å². The van der Waals surface area contributed by atoms with Gasteiger partial charge < -0.3 is 9.47 Å². The molecule has 0 bridgehead atoms. The first-order valence-electron chi connectivity index (χ1n) is 8.95. The van der Waals surface area contributed by atoms with Crippen molar-refractivity contribution in [1.29, 1.82) is 0 Å². The summed E-state index contributed by atoms with van der Waals surface area (Å²) in [5.74, 6) is 1.13. The Morgan fingerprint density at radius 1 is 1.00 bits per heavy atom. The molecule has 1 saturated carbocycles. The highest BCUT2D eigenvalue weighted by atomic mass is 16.6. The van der Waals surface area contributed by atoms with Crippen molar-refractivity contribution in [3.05, 3.63) is 54.1 Å². The summed E-state index contributed by atoms with van der Waals surface area (Å²) in [7, 11) is 0. The molecule has 0 N–H and O–H groups in total. The summed E-state index contributed by atoms with van der Waals surface area (Å²) in [4.78, 5) is 17.8. The Hall–Kier alpha value is -2.56. The van der Waals surface area contributed by atoms with Crippen molar-refractivity contribution >= 4 is 5.91 Å². The number of para-hydroxylation sites is 2. The van der Waals surface area contributed by atoms with Gasteiger partial charge in [0.1, 0.15) is 12.1 Å². The van der Waals surface area contributed by atoms with Crippen LogP contribution in [0.1, 0.15) is 36.9 Å². The number of fused-ring (bicyclic) bond motifs is 1. The van der Waals surface area contributed by atoms with Gasteiger partial charge in [0.2, 0.25) is 6.10 Å². The molecule has 1 aromatic carbocycles. The molecule has 0 amide bonds. The molecule has 1 atom stereocenters. The number of rotatable bonds is 2. The Balaban J connectivity index is 1.60. The maximum absolute atomic E-state index is 13.0. The van der Waals surface area contributed by atoms with Crippen LogP contribution in [0.25, 0.3) is 0 Å². The first-order valence-corrected chi connectivity index (χ1v) is 8.95. The first-order chi connectivity index (χ1) is 12.3. The molecule has 2 heterocycles. The Labute approximate surface area is 146 Å². The van der Waals surface area contributed by atoms with Crippen LogP contribution in [0.3, 0.4) is 0 Å². The van der Waals surface area contributed by atoms with Gasteiger partial charge in [-0.25, -0.2) is 0 Å². The van der Waals surface area contributed by atoms with E-state index in [1.54, 1.807) is 10.8 Å². The van der Waals surface area contributed by atoms with Gasteiger partial charge in [-0.15, -0.1) is 0 Å². The van der Waals surface area contributed by atoms with E-state index in [2.05, 4.69) is 0 Å². The monoisotopic (exact) mass is 338 g/mol. The van der Waals surface area contributed by atoms with E-state index in [1.165, 1.54) is 19.3 Å². The Morgan fingerprint density at radius 3 is 2.60 bits per heavy atom. The highest BCUT2D eigenvalue weighted by Gasteiger charge is 2.28. The zero-order valence-corrected chi connectivity index (χ0v) is 14.1. The third-order valence-corrected chi connectivity index (χ3v) is 4.75. The normalized spacial score (nSPS) is 21.1. The molecule has 25 heavy (non-hydrogen) atoms. The zero-order chi connectivity index (χ0) is 17.1. The minimum atomic E-state index is -0.664. The number of carbonyl (C=O) groups excluding carboxylic acids is 1. The van der Waals surface area contributed by atoms with E-state index in [9.17, 15) is 4.79 Å². The Morgan fingerprint density at radius 2 is 1.76 bits per heavy atom. The molecule has 5 heteroatoms. The number of pyridine rings is 1. The van der Waals surface area contributed by atoms with Crippen molar-refractivity contribution in [3.63, 3.8) is 0 Å². The van der Waals surface area contributed by atoms with Crippen molar-refractivity contribution in [2.24, 2.45) is 4.99 Å². The summed E-state index contributed by atoms with van der Waals surface area (Å²) >= 11 is 0. The van der Waals surface area contributed by atoms with Gasteiger partial charge in [-0.1, -0.05) is 37.5 Å². The number of nitrogens with zero attached hydrogens (tertiary/aromatic N) is 2. The largest absolute Gasteiger partial charge is 0.485 e. The third kappa shape index (κ3) is 3.45. The second-order valence-electron chi connectivity index (χ2n) is 6.55. The molecule has 1 fully saturated rings. The minimum Gasteiger partial charge on any atom is -0.485 e. The lowest BCUT2D eigenvalue weighted by Crippen LogP contribution is -2.43. The second kappa shape index (κ2) is 7.13. The van der Waals surface area contributed by atoms with Crippen LogP contribution in [0.5, 0.6) is 11.5 Å². The number of aromatic nitrogens is 1. The number of hydrogen-bond acceptors (Lipinski definition) is 4. The summed E-state index contributed by atoms with van der Waals surface area (Å²) in [5.41, 5.74) is 0.696. The van der Waals surface area contributed by atoms with Crippen molar-refractivity contribution in [2.45, 2.75) is 44.2 Å². The summed E-state index contributed by atoms with van der Waals surface area (Å²) in [5, 5.41) is 0. The highest BCUT2D eigenvalue weighted by Crippen LogP contribution is 2.31. The van der Waals surface area contributed by atoms with Gasteiger partial charge in [0.05, 0.1) is 6.04 Å². The van der Waals surface area contributed by atoms with Gasteiger partial charge in [0.25, 0.3) is 5.91 Å². The van der Waals surface area contributed by atoms with Gasteiger partial charge in [-0.05, 0) is 37.1 Å². The van der Waals surface area contributed by atoms with Crippen LogP contribution in [-0.2, 0) is 0 Å². The molecule has 0 saturated heterocycles. The lowest BCUT2D eigenvalue weighted by Gasteiger charge is -2.26. The lowest BCUT2D eigenvalue weighted by molar-refractivity contribution is 0.0495. The fourth-order valence-corrected chi connectivity index (χ4v) is 3.42. The maximum Gasteiger partial charge on any atom is 0.276 e. The molecule has 5 nitrogen and oxygen atoms in total. The zero-order valence-electron chi connectivity index (χ0n) is 14.1. The SMILES string of the molecule is O=C([C@H]1COc2ccccc2O1)n1ccccc1=NC1CCCCC1. The van der Waals surface area contributed by atoms with Crippen molar-refractivity contribution in [3.8, 4) is 11.5 Å². The van der Waals surface area contributed by atoms with Crippen LogP contribution in [-0.4, -0.2) is 29.2 Å². The number of hydrogen-bond donors (Lipinski definition) is 0. The van der Waals surface area contributed by atoms with Gasteiger partial charge in [-0.3, -0.25) is 14.4 Å². The fourth-order valence-electron chi connectivity index (χ4n) is 3.42. The third-order valence-electron chi connectivity index (χ3n) is 4.75. The molecule has 0 spiro atoms. The average molecular weight is 338 g/mol. The lowest BCUT2D eigenvalue weighted by atomic mass is 9.96. The Kier molecular flexibility index (Phi) is 4.55. The number of benzene rings is 1. The predicted octanol–water partition coefficient (Wildman–Crippen LogP) is 3.20. The van der Waals surface area contributed by atoms with Gasteiger partial charge in [0, 0.05) is 6.20 Å². The molecule has 2 aromatic rings. The average Bonchev–Trinajstić information content (AvgIpc) is 2.68. The van der Waals surface area contributed by atoms with Crippen LogP contribution >= 0.6 is 0 Å². The molecular weight excluding hydrogens is 316 g/mol. The summed E-state index contributed by atoms with van der Waals surface area (Å²) in [6, 6.07) is 13.4. The quantitative estimate of drug-likeness (QED) is 0.845. The van der Waals surface area contributed by atoms with Crippen molar-refractivity contribution in [2.75, 3.05) is 6.61 Å². The molecule has 2 aliphatic rings. The smallest absolute Gasteiger partial charge is 0.276 e. The summed E-state index contributed by atoms with van der Waals surface area (Å²) in [6.07, 6.45) is 7.00. The molecule has 1 aliphatic carbocycles. The summed E-state index contributed by atoms with van der Waals surface area (Å²) < 4.78 is 13.1. The second-order valence-corrected chi connectivity index (χ2v) is 6.55. The standard InChI is InChI=1S/C20H22N2O3/c23-20(18-14-24-16-10-4-5-11-17(16)25-18)22-13-7-6-12-19(22)21-15-8-2-1-3-9-15/h4-7,10-13,15,18H,1-3,8-9,14H2/t18-/m1/s1. The van der Waals surface area contributed by atoms with Gasteiger partial charge >= 0.3 is 0 Å². The van der Waals surface area contributed by atoms with Crippen LogP contribution in [0, 0.1) is 0 Å². The topological polar surface area (TPSA) is 52.8 Å². The fraction of sp³-hybridized carbons (Fsp3) is 0.400. The first kappa shape index (κ1) is 15.9. The maximum atomic E-state index is 13.0. The van der Waals surface area contributed by atoms with Crippen LogP contribution < -0.4 is 15.0 Å². The van der Waals surface area contributed by atoms with E-state index >= 15 is 0 Å². The highest BCUT2D eigenvalue weighted by molar-refractivity contribution is 5.84. The molecule has 130 valence electrons. The predicted molar refractivity (Wildman–Crippen MR) is 93.8 cm³/mol.